The summed E-state index contributed by atoms with van der Waals surface area (Å²) in [5.41, 5.74) is 0. The minimum Gasteiger partial charge on any atom is -0.0654 e. The van der Waals surface area contributed by atoms with Crippen molar-refractivity contribution in [2.45, 2.75) is 59.8 Å². The standard InChI is InChI=1S/C13H26/c1-5-8-10(4)13-9-11(6-2)12(13)7-3/h10-13H,5-9H2,1-4H3. The largest absolute Gasteiger partial charge is 0.0654 e. The predicted octanol–water partition coefficient (Wildman–Crippen LogP) is 4.49. The minimum absolute atomic E-state index is 0.984. The normalized spacial score (nSPS) is 35.5. The lowest BCUT2D eigenvalue weighted by molar-refractivity contribution is 0.0201. The molecule has 0 aromatic rings. The molecule has 0 saturated heterocycles. The topological polar surface area (TPSA) is 0 Å². The highest BCUT2D eigenvalue weighted by Gasteiger charge is 2.40. The van der Waals surface area contributed by atoms with Gasteiger partial charge in [0.05, 0.1) is 0 Å². The average Bonchev–Trinajstić information content (AvgIpc) is 2.04. The molecule has 4 unspecified atom stereocenters. The summed E-state index contributed by atoms with van der Waals surface area (Å²) in [5, 5.41) is 0. The minimum atomic E-state index is 0.984. The number of rotatable bonds is 5. The van der Waals surface area contributed by atoms with Crippen molar-refractivity contribution in [2.24, 2.45) is 23.7 Å². The van der Waals surface area contributed by atoms with Gasteiger partial charge in [0.15, 0.2) is 0 Å². The fourth-order valence-electron chi connectivity index (χ4n) is 3.28. The van der Waals surface area contributed by atoms with E-state index in [1.165, 1.54) is 32.1 Å². The highest BCUT2D eigenvalue weighted by Crippen LogP contribution is 2.48. The van der Waals surface area contributed by atoms with Gasteiger partial charge in [-0.05, 0) is 30.1 Å². The highest BCUT2D eigenvalue weighted by molar-refractivity contribution is 4.89. The smallest absolute Gasteiger partial charge is 0.0355 e. The van der Waals surface area contributed by atoms with Crippen LogP contribution in [0, 0.1) is 23.7 Å². The second-order valence-electron chi connectivity index (χ2n) is 4.91. The Morgan fingerprint density at radius 3 is 2.31 bits per heavy atom. The molecule has 0 heterocycles. The van der Waals surface area contributed by atoms with Crippen molar-refractivity contribution >= 4 is 0 Å². The Morgan fingerprint density at radius 2 is 1.85 bits per heavy atom. The molecule has 0 bridgehead atoms. The van der Waals surface area contributed by atoms with E-state index in [1.54, 1.807) is 0 Å². The molecule has 0 nitrogen and oxygen atoms in total. The van der Waals surface area contributed by atoms with E-state index in [4.69, 9.17) is 0 Å². The van der Waals surface area contributed by atoms with Gasteiger partial charge in [0.25, 0.3) is 0 Å². The summed E-state index contributed by atoms with van der Waals surface area (Å²) >= 11 is 0. The summed E-state index contributed by atoms with van der Waals surface area (Å²) < 4.78 is 0. The lowest BCUT2D eigenvalue weighted by Gasteiger charge is -2.47. The Balaban J connectivity index is 2.36. The third-order valence-electron chi connectivity index (χ3n) is 4.20. The predicted molar refractivity (Wildman–Crippen MR) is 59.7 cm³/mol. The van der Waals surface area contributed by atoms with Gasteiger partial charge >= 0.3 is 0 Å². The zero-order valence-corrected chi connectivity index (χ0v) is 9.84. The summed E-state index contributed by atoms with van der Waals surface area (Å²) in [6.45, 7) is 9.50. The molecule has 0 aliphatic heterocycles. The molecular weight excluding hydrogens is 156 g/mol. The van der Waals surface area contributed by atoms with E-state index in [0.29, 0.717) is 0 Å². The van der Waals surface area contributed by atoms with E-state index in [-0.39, 0.29) is 0 Å². The lowest BCUT2D eigenvalue weighted by Crippen LogP contribution is -2.39. The lowest BCUT2D eigenvalue weighted by atomic mass is 9.58. The molecule has 0 heteroatoms. The Bertz CT molecular complexity index is 139. The van der Waals surface area contributed by atoms with Crippen molar-refractivity contribution in [1.29, 1.82) is 0 Å². The zero-order valence-electron chi connectivity index (χ0n) is 9.84. The molecule has 1 saturated carbocycles. The van der Waals surface area contributed by atoms with Crippen LogP contribution in [0.1, 0.15) is 59.8 Å². The van der Waals surface area contributed by atoms with E-state index in [1.807, 2.05) is 0 Å². The monoisotopic (exact) mass is 182 g/mol. The van der Waals surface area contributed by atoms with Crippen LogP contribution in [0.3, 0.4) is 0 Å². The molecule has 1 aliphatic rings. The second kappa shape index (κ2) is 5.02. The summed E-state index contributed by atoms with van der Waals surface area (Å²) in [5.74, 6) is 4.17. The molecule has 0 radical (unpaired) electrons. The molecular formula is C13H26. The molecule has 1 rings (SSSR count). The summed E-state index contributed by atoms with van der Waals surface area (Å²) in [6, 6.07) is 0. The van der Waals surface area contributed by atoms with Crippen LogP contribution in [0.2, 0.25) is 0 Å². The molecule has 78 valence electrons. The van der Waals surface area contributed by atoms with Gasteiger partial charge in [-0.3, -0.25) is 0 Å². The van der Waals surface area contributed by atoms with Crippen LogP contribution in [0.4, 0.5) is 0 Å². The molecule has 0 aromatic carbocycles. The van der Waals surface area contributed by atoms with Crippen LogP contribution >= 0.6 is 0 Å². The average molecular weight is 182 g/mol. The van der Waals surface area contributed by atoms with Gasteiger partial charge in [0.1, 0.15) is 0 Å². The van der Waals surface area contributed by atoms with Gasteiger partial charge in [-0.15, -0.1) is 0 Å². The van der Waals surface area contributed by atoms with Gasteiger partial charge in [-0.2, -0.15) is 0 Å². The van der Waals surface area contributed by atoms with Gasteiger partial charge in [0.2, 0.25) is 0 Å². The molecule has 1 fully saturated rings. The maximum absolute atomic E-state index is 2.46. The fourth-order valence-corrected chi connectivity index (χ4v) is 3.28. The zero-order chi connectivity index (χ0) is 9.84. The van der Waals surface area contributed by atoms with Crippen LogP contribution in [0.15, 0.2) is 0 Å². The maximum Gasteiger partial charge on any atom is -0.0355 e. The summed E-state index contributed by atoms with van der Waals surface area (Å²) in [4.78, 5) is 0. The van der Waals surface area contributed by atoms with Gasteiger partial charge in [0, 0.05) is 0 Å². The van der Waals surface area contributed by atoms with Gasteiger partial charge in [-0.25, -0.2) is 0 Å². The maximum atomic E-state index is 2.46. The molecule has 0 N–H and O–H groups in total. The fraction of sp³-hybridized carbons (Fsp3) is 1.00. The van der Waals surface area contributed by atoms with E-state index in [0.717, 1.165) is 23.7 Å². The third kappa shape index (κ3) is 2.27. The van der Waals surface area contributed by atoms with Crippen LogP contribution in [-0.4, -0.2) is 0 Å². The Hall–Kier alpha value is 0. The first-order chi connectivity index (χ1) is 6.24. The summed E-state index contributed by atoms with van der Waals surface area (Å²) in [6.07, 6.45) is 7.16. The van der Waals surface area contributed by atoms with Crippen LogP contribution in [0.25, 0.3) is 0 Å². The molecule has 0 amide bonds. The summed E-state index contributed by atoms with van der Waals surface area (Å²) in [7, 11) is 0. The first-order valence-corrected chi connectivity index (χ1v) is 6.24. The van der Waals surface area contributed by atoms with Crippen molar-refractivity contribution in [3.8, 4) is 0 Å². The third-order valence-corrected chi connectivity index (χ3v) is 4.20. The van der Waals surface area contributed by atoms with E-state index in [2.05, 4.69) is 27.7 Å². The Kier molecular flexibility index (Phi) is 4.28. The van der Waals surface area contributed by atoms with E-state index in [9.17, 15) is 0 Å². The van der Waals surface area contributed by atoms with E-state index >= 15 is 0 Å². The van der Waals surface area contributed by atoms with Crippen molar-refractivity contribution in [2.75, 3.05) is 0 Å². The van der Waals surface area contributed by atoms with Gasteiger partial charge in [-0.1, -0.05) is 53.4 Å². The molecule has 0 spiro atoms. The Labute approximate surface area is 84.1 Å². The van der Waals surface area contributed by atoms with Gasteiger partial charge < -0.3 is 0 Å². The van der Waals surface area contributed by atoms with Crippen LogP contribution < -0.4 is 0 Å². The first kappa shape index (κ1) is 11.1. The van der Waals surface area contributed by atoms with Crippen molar-refractivity contribution in [3.05, 3.63) is 0 Å². The number of hydrogen-bond donors (Lipinski definition) is 0. The molecule has 13 heavy (non-hydrogen) atoms. The molecule has 4 atom stereocenters. The van der Waals surface area contributed by atoms with Crippen LogP contribution in [-0.2, 0) is 0 Å². The quantitative estimate of drug-likeness (QED) is 0.587. The Morgan fingerprint density at radius 1 is 1.15 bits per heavy atom. The van der Waals surface area contributed by atoms with E-state index < -0.39 is 0 Å². The first-order valence-electron chi connectivity index (χ1n) is 6.24. The van der Waals surface area contributed by atoms with Crippen LogP contribution in [0.5, 0.6) is 0 Å². The van der Waals surface area contributed by atoms with Crippen molar-refractivity contribution in [1.82, 2.24) is 0 Å². The van der Waals surface area contributed by atoms with Crippen molar-refractivity contribution < 1.29 is 0 Å². The molecule has 1 aliphatic carbocycles. The van der Waals surface area contributed by atoms with Crippen molar-refractivity contribution in [3.63, 3.8) is 0 Å². The number of hydrogen-bond acceptors (Lipinski definition) is 0. The highest BCUT2D eigenvalue weighted by atomic mass is 14.5. The SMILES string of the molecule is CCCC(C)C1CC(CC)C1CC. The molecule has 0 aromatic heterocycles. The second-order valence-corrected chi connectivity index (χ2v) is 4.91.